The Labute approximate surface area is 163 Å². The van der Waals surface area contributed by atoms with Crippen molar-refractivity contribution in [1.29, 1.82) is 0 Å². The van der Waals surface area contributed by atoms with Crippen molar-refractivity contribution in [1.82, 2.24) is 9.97 Å². The van der Waals surface area contributed by atoms with E-state index in [4.69, 9.17) is 0 Å². The van der Waals surface area contributed by atoms with E-state index in [2.05, 4.69) is 9.97 Å². The molecule has 144 valence electrons. The number of benzene rings is 2. The number of carbonyl (C=O) groups excluding carboxylic acids is 2. The Bertz CT molecular complexity index is 1110. The quantitative estimate of drug-likeness (QED) is 0.419. The van der Waals surface area contributed by atoms with Gasteiger partial charge in [0.05, 0.1) is 11.6 Å². The van der Waals surface area contributed by atoms with E-state index in [1.165, 1.54) is 48.8 Å². The molecule has 1 aliphatic rings. The summed E-state index contributed by atoms with van der Waals surface area (Å²) in [6.07, 6.45) is 2.81. The highest BCUT2D eigenvalue weighted by atomic mass is 19.1. The highest BCUT2D eigenvalue weighted by molar-refractivity contribution is 6.51. The molecule has 2 aromatic carbocycles. The third-order valence-electron chi connectivity index (χ3n) is 4.52. The summed E-state index contributed by atoms with van der Waals surface area (Å²) in [5.74, 6) is -3.42. The normalized spacial score (nSPS) is 18.3. The van der Waals surface area contributed by atoms with Crippen LogP contribution in [-0.2, 0) is 9.59 Å². The zero-order valence-electron chi connectivity index (χ0n) is 14.8. The van der Waals surface area contributed by atoms with Crippen LogP contribution in [0.5, 0.6) is 0 Å². The smallest absolute Gasteiger partial charge is 0.302 e. The number of aliphatic hydroxyl groups excluding tert-OH is 1. The Balaban J connectivity index is 1.94. The third-order valence-corrected chi connectivity index (χ3v) is 4.52. The molecule has 29 heavy (non-hydrogen) atoms. The number of rotatable bonds is 3. The Kier molecular flexibility index (Phi) is 4.59. The zero-order chi connectivity index (χ0) is 20.5. The lowest BCUT2D eigenvalue weighted by molar-refractivity contribution is -0.132. The summed E-state index contributed by atoms with van der Waals surface area (Å²) in [6, 6.07) is 10.5. The van der Waals surface area contributed by atoms with Crippen LogP contribution in [-0.4, -0.2) is 26.8 Å². The van der Waals surface area contributed by atoms with Gasteiger partial charge in [0.2, 0.25) is 5.95 Å². The molecule has 1 atom stereocenters. The van der Waals surface area contributed by atoms with Crippen LogP contribution in [0, 0.1) is 11.6 Å². The summed E-state index contributed by atoms with van der Waals surface area (Å²) in [5, 5.41) is 10.8. The number of hydrogen-bond donors (Lipinski definition) is 1. The summed E-state index contributed by atoms with van der Waals surface area (Å²) in [5.41, 5.74) is 0.313. The van der Waals surface area contributed by atoms with Crippen molar-refractivity contribution < 1.29 is 23.5 Å². The maximum Gasteiger partial charge on any atom is 0.302 e. The molecule has 6 nitrogen and oxygen atoms in total. The van der Waals surface area contributed by atoms with Crippen molar-refractivity contribution in [3.63, 3.8) is 0 Å². The lowest BCUT2D eigenvalue weighted by atomic mass is 9.95. The standard InChI is InChI=1S/C21H13F2N3O3/c22-14-6-2-12(3-7-14)17-16(18(27)13-4-8-15(23)9-5-13)19(28)20(29)26(17)21-24-10-1-11-25-21/h1-11,17,27H/t17-/m1/s1. The highest BCUT2D eigenvalue weighted by Gasteiger charge is 2.48. The van der Waals surface area contributed by atoms with Crippen LogP contribution < -0.4 is 4.90 Å². The largest absolute Gasteiger partial charge is 0.507 e. The number of Topliss-reactive ketones (excluding diaryl/α,β-unsaturated/α-hetero) is 1. The molecule has 4 rings (SSSR count). The van der Waals surface area contributed by atoms with E-state index in [0.29, 0.717) is 5.56 Å². The second kappa shape index (κ2) is 7.23. The number of carbonyl (C=O) groups is 2. The van der Waals surface area contributed by atoms with Crippen molar-refractivity contribution in [3.8, 4) is 0 Å². The van der Waals surface area contributed by atoms with Crippen LogP contribution in [0.25, 0.3) is 5.76 Å². The molecule has 1 aliphatic heterocycles. The molecule has 0 unspecified atom stereocenters. The lowest BCUT2D eigenvalue weighted by Gasteiger charge is -2.23. The second-order valence-corrected chi connectivity index (χ2v) is 6.28. The molecule has 0 spiro atoms. The molecule has 1 N–H and O–H groups in total. The molecule has 1 saturated heterocycles. The highest BCUT2D eigenvalue weighted by Crippen LogP contribution is 2.40. The summed E-state index contributed by atoms with van der Waals surface area (Å²) in [6.45, 7) is 0. The minimum Gasteiger partial charge on any atom is -0.507 e. The van der Waals surface area contributed by atoms with Gasteiger partial charge in [-0.3, -0.25) is 14.5 Å². The summed E-state index contributed by atoms with van der Waals surface area (Å²) >= 11 is 0. The van der Waals surface area contributed by atoms with E-state index in [1.54, 1.807) is 6.07 Å². The van der Waals surface area contributed by atoms with Crippen molar-refractivity contribution >= 4 is 23.4 Å². The van der Waals surface area contributed by atoms with E-state index < -0.39 is 35.1 Å². The van der Waals surface area contributed by atoms with E-state index in [1.807, 2.05) is 0 Å². The van der Waals surface area contributed by atoms with Crippen molar-refractivity contribution in [2.24, 2.45) is 0 Å². The maximum absolute atomic E-state index is 13.4. The lowest BCUT2D eigenvalue weighted by Crippen LogP contribution is -2.31. The molecular formula is C21H13F2N3O3. The summed E-state index contributed by atoms with van der Waals surface area (Å²) in [4.78, 5) is 34.7. The number of ketones is 1. The fourth-order valence-corrected chi connectivity index (χ4v) is 3.18. The number of halogens is 2. The maximum atomic E-state index is 13.4. The van der Waals surface area contributed by atoms with Gasteiger partial charge in [0, 0.05) is 18.0 Å². The predicted molar refractivity (Wildman–Crippen MR) is 99.6 cm³/mol. The van der Waals surface area contributed by atoms with Crippen LogP contribution in [0.3, 0.4) is 0 Å². The Morgan fingerprint density at radius 3 is 2.03 bits per heavy atom. The Morgan fingerprint density at radius 1 is 0.897 bits per heavy atom. The molecule has 2 heterocycles. The van der Waals surface area contributed by atoms with Gasteiger partial charge in [-0.15, -0.1) is 0 Å². The van der Waals surface area contributed by atoms with E-state index in [9.17, 15) is 23.5 Å². The van der Waals surface area contributed by atoms with E-state index >= 15 is 0 Å². The molecule has 1 aromatic heterocycles. The fourth-order valence-electron chi connectivity index (χ4n) is 3.18. The summed E-state index contributed by atoms with van der Waals surface area (Å²) < 4.78 is 26.7. The molecule has 0 radical (unpaired) electrons. The summed E-state index contributed by atoms with van der Waals surface area (Å²) in [7, 11) is 0. The Hall–Kier alpha value is -3.94. The molecule has 3 aromatic rings. The first kappa shape index (κ1) is 18.4. The number of hydrogen-bond acceptors (Lipinski definition) is 5. The van der Waals surface area contributed by atoms with E-state index in [0.717, 1.165) is 17.0 Å². The van der Waals surface area contributed by atoms with Gasteiger partial charge in [0.15, 0.2) is 0 Å². The average Bonchev–Trinajstić information content (AvgIpc) is 3.00. The van der Waals surface area contributed by atoms with Gasteiger partial charge in [-0.05, 0) is 48.0 Å². The van der Waals surface area contributed by atoms with Crippen LogP contribution in [0.1, 0.15) is 17.2 Å². The van der Waals surface area contributed by atoms with E-state index in [-0.39, 0.29) is 17.1 Å². The van der Waals surface area contributed by atoms with Gasteiger partial charge in [0.25, 0.3) is 5.78 Å². The molecule has 8 heteroatoms. The topological polar surface area (TPSA) is 83.4 Å². The molecule has 1 amide bonds. The molecule has 0 bridgehead atoms. The number of aromatic nitrogens is 2. The van der Waals surface area contributed by atoms with Gasteiger partial charge >= 0.3 is 5.91 Å². The predicted octanol–water partition coefficient (Wildman–Crippen LogP) is 3.38. The second-order valence-electron chi connectivity index (χ2n) is 6.28. The van der Waals surface area contributed by atoms with Crippen LogP contribution in [0.15, 0.2) is 72.6 Å². The fraction of sp³-hybridized carbons (Fsp3) is 0.0476. The van der Waals surface area contributed by atoms with Gasteiger partial charge in [-0.2, -0.15) is 0 Å². The number of nitrogens with zero attached hydrogens (tertiary/aromatic N) is 3. The zero-order valence-corrected chi connectivity index (χ0v) is 14.8. The van der Waals surface area contributed by atoms with Gasteiger partial charge in [-0.25, -0.2) is 18.7 Å². The van der Waals surface area contributed by atoms with Gasteiger partial charge in [0.1, 0.15) is 17.4 Å². The third kappa shape index (κ3) is 3.25. The van der Waals surface area contributed by atoms with Crippen molar-refractivity contribution in [3.05, 3.63) is 95.3 Å². The SMILES string of the molecule is O=C1C(=O)N(c2ncccn2)[C@H](c2ccc(F)cc2)C1=C(O)c1ccc(F)cc1. The monoisotopic (exact) mass is 393 g/mol. The first-order chi connectivity index (χ1) is 14.0. The first-order valence-electron chi connectivity index (χ1n) is 8.57. The Morgan fingerprint density at radius 2 is 1.45 bits per heavy atom. The minimum atomic E-state index is -1.08. The average molecular weight is 393 g/mol. The number of aliphatic hydroxyl groups is 1. The van der Waals surface area contributed by atoms with Crippen molar-refractivity contribution in [2.45, 2.75) is 6.04 Å². The molecule has 0 saturated carbocycles. The van der Waals surface area contributed by atoms with Crippen molar-refractivity contribution in [2.75, 3.05) is 4.90 Å². The number of amides is 1. The van der Waals surface area contributed by atoms with Gasteiger partial charge in [-0.1, -0.05) is 12.1 Å². The first-order valence-corrected chi connectivity index (χ1v) is 8.57. The van der Waals surface area contributed by atoms with Gasteiger partial charge < -0.3 is 5.11 Å². The van der Waals surface area contributed by atoms with Crippen LogP contribution in [0.4, 0.5) is 14.7 Å². The molecule has 0 aliphatic carbocycles. The molecular weight excluding hydrogens is 380 g/mol. The van der Waals surface area contributed by atoms with Crippen LogP contribution >= 0.6 is 0 Å². The van der Waals surface area contributed by atoms with Crippen LogP contribution in [0.2, 0.25) is 0 Å². The number of anilines is 1. The minimum absolute atomic E-state index is 0.0397. The molecule has 1 fully saturated rings.